The topological polar surface area (TPSA) is 91.7 Å². The van der Waals surface area contributed by atoms with Gasteiger partial charge < -0.3 is 19.5 Å². The molecule has 1 aromatic heterocycles. The van der Waals surface area contributed by atoms with E-state index in [0.29, 0.717) is 23.5 Å². The highest BCUT2D eigenvalue weighted by atomic mass is 16.5. The Kier molecular flexibility index (Phi) is 7.94. The molecule has 1 heterocycles. The molecule has 8 nitrogen and oxygen atoms in total. The van der Waals surface area contributed by atoms with Crippen molar-refractivity contribution >= 4 is 17.6 Å². The van der Waals surface area contributed by atoms with Crippen LogP contribution >= 0.6 is 0 Å². The molecule has 0 atom stereocenters. The molecule has 2 aromatic carbocycles. The number of carbonyl (C=O) groups is 2. The number of hydrogen-bond acceptors (Lipinski definition) is 6. The number of methoxy groups -OCH3 is 1. The van der Waals surface area contributed by atoms with Gasteiger partial charge in [0.25, 0.3) is 5.91 Å². The predicted octanol–water partition coefficient (Wildman–Crippen LogP) is 4.92. The first kappa shape index (κ1) is 24.8. The van der Waals surface area contributed by atoms with Crippen molar-refractivity contribution in [2.75, 3.05) is 12.4 Å². The van der Waals surface area contributed by atoms with Crippen LogP contribution in [0, 0.1) is 13.8 Å². The summed E-state index contributed by atoms with van der Waals surface area (Å²) in [6.07, 6.45) is 1.31. The Morgan fingerprint density at radius 3 is 2.53 bits per heavy atom. The van der Waals surface area contributed by atoms with Gasteiger partial charge in [0.1, 0.15) is 18.1 Å². The number of benzene rings is 2. The summed E-state index contributed by atoms with van der Waals surface area (Å²) in [5.41, 5.74) is 3.59. The highest BCUT2D eigenvalue weighted by Crippen LogP contribution is 2.26. The molecule has 0 aliphatic heterocycles. The summed E-state index contributed by atoms with van der Waals surface area (Å²) in [4.78, 5) is 25.5. The van der Waals surface area contributed by atoms with Gasteiger partial charge in [0.15, 0.2) is 5.69 Å². The fraction of sp³-hybridized carbons (Fsp3) is 0.346. The summed E-state index contributed by atoms with van der Waals surface area (Å²) >= 11 is 0. The molecule has 8 heteroatoms. The van der Waals surface area contributed by atoms with Gasteiger partial charge in [-0.05, 0) is 70.0 Å². The number of esters is 1. The number of amides is 1. The average molecular weight is 466 g/mol. The summed E-state index contributed by atoms with van der Waals surface area (Å²) in [5, 5.41) is 7.03. The minimum atomic E-state index is -0.588. The molecule has 180 valence electrons. The van der Waals surface area contributed by atoms with Crippen molar-refractivity contribution in [3.63, 3.8) is 0 Å². The van der Waals surface area contributed by atoms with Crippen LogP contribution in [0.2, 0.25) is 0 Å². The van der Waals surface area contributed by atoms with Gasteiger partial charge in [0.2, 0.25) is 0 Å². The summed E-state index contributed by atoms with van der Waals surface area (Å²) in [6, 6.07) is 11.1. The maximum atomic E-state index is 13.1. The van der Waals surface area contributed by atoms with Gasteiger partial charge >= 0.3 is 5.97 Å². The molecule has 0 aliphatic rings. The van der Waals surface area contributed by atoms with Crippen LogP contribution in [0.4, 0.5) is 5.69 Å². The molecule has 0 saturated carbocycles. The van der Waals surface area contributed by atoms with Crippen molar-refractivity contribution in [2.45, 2.75) is 53.9 Å². The zero-order chi connectivity index (χ0) is 24.8. The molecule has 0 unspecified atom stereocenters. The first-order valence-corrected chi connectivity index (χ1v) is 11.2. The highest BCUT2D eigenvalue weighted by molar-refractivity contribution is 6.07. The van der Waals surface area contributed by atoms with E-state index >= 15 is 0 Å². The Labute approximate surface area is 199 Å². The van der Waals surface area contributed by atoms with E-state index in [1.807, 2.05) is 39.0 Å². The lowest BCUT2D eigenvalue weighted by Gasteiger charge is -2.14. The molecular formula is C26H31N3O5. The number of aryl methyl sites for hydroxylation is 3. The zero-order valence-corrected chi connectivity index (χ0v) is 20.5. The second-order valence-electron chi connectivity index (χ2n) is 8.24. The largest absolute Gasteiger partial charge is 0.496 e. The van der Waals surface area contributed by atoms with Gasteiger partial charge in [-0.3, -0.25) is 9.48 Å². The molecule has 0 aliphatic carbocycles. The van der Waals surface area contributed by atoms with E-state index in [1.165, 1.54) is 0 Å². The molecule has 0 saturated heterocycles. The molecule has 0 bridgehead atoms. The van der Waals surface area contributed by atoms with E-state index in [0.717, 1.165) is 22.4 Å². The number of rotatable bonds is 9. The van der Waals surface area contributed by atoms with Gasteiger partial charge in [-0.1, -0.05) is 12.1 Å². The molecule has 3 rings (SSSR count). The Morgan fingerprint density at radius 2 is 1.85 bits per heavy atom. The maximum Gasteiger partial charge on any atom is 0.361 e. The van der Waals surface area contributed by atoms with Crippen LogP contribution in [0.3, 0.4) is 0 Å². The van der Waals surface area contributed by atoms with Crippen LogP contribution in [0.1, 0.15) is 58.3 Å². The van der Waals surface area contributed by atoms with Crippen LogP contribution in [0.25, 0.3) is 0 Å². The second kappa shape index (κ2) is 10.9. The molecule has 0 spiro atoms. The lowest BCUT2D eigenvalue weighted by Crippen LogP contribution is -2.17. The molecule has 0 fully saturated rings. The van der Waals surface area contributed by atoms with E-state index in [1.54, 1.807) is 50.0 Å². The first-order chi connectivity index (χ1) is 16.2. The Bertz CT molecular complexity index is 1180. The number of hydrogen-bond donors (Lipinski definition) is 1. The number of ether oxygens (including phenoxy) is 3. The molecule has 0 radical (unpaired) electrons. The van der Waals surface area contributed by atoms with Crippen LogP contribution in [0.5, 0.6) is 11.5 Å². The maximum absolute atomic E-state index is 13.1. The fourth-order valence-corrected chi connectivity index (χ4v) is 3.34. The molecule has 1 N–H and O–H groups in total. The van der Waals surface area contributed by atoms with E-state index < -0.39 is 5.97 Å². The smallest absolute Gasteiger partial charge is 0.361 e. The standard InChI is InChI=1S/C26H31N3O5/c1-7-29-14-21(24(28-29)26(31)34-16(2)3)27-25(30)19-10-11-22(32-6)20(13-19)15-33-23-12-17(4)8-9-18(23)5/h8-14,16H,7,15H2,1-6H3,(H,27,30). The second-order valence-corrected chi connectivity index (χ2v) is 8.24. The lowest BCUT2D eigenvalue weighted by atomic mass is 10.1. The number of nitrogens with one attached hydrogen (secondary N) is 1. The van der Waals surface area contributed by atoms with E-state index in [2.05, 4.69) is 10.4 Å². The van der Waals surface area contributed by atoms with Gasteiger partial charge in [-0.25, -0.2) is 4.79 Å². The van der Waals surface area contributed by atoms with Crippen molar-refractivity contribution in [1.82, 2.24) is 9.78 Å². The van der Waals surface area contributed by atoms with Gasteiger partial charge in [-0.2, -0.15) is 5.10 Å². The van der Waals surface area contributed by atoms with Crippen LogP contribution in [-0.2, 0) is 17.9 Å². The predicted molar refractivity (Wildman–Crippen MR) is 130 cm³/mol. The third kappa shape index (κ3) is 5.95. The van der Waals surface area contributed by atoms with Crippen LogP contribution in [-0.4, -0.2) is 34.9 Å². The Balaban J connectivity index is 1.82. The lowest BCUT2D eigenvalue weighted by molar-refractivity contribution is 0.0371. The first-order valence-electron chi connectivity index (χ1n) is 11.2. The highest BCUT2D eigenvalue weighted by Gasteiger charge is 2.22. The van der Waals surface area contributed by atoms with Crippen molar-refractivity contribution in [3.05, 3.63) is 70.5 Å². The fourth-order valence-electron chi connectivity index (χ4n) is 3.34. The number of carbonyl (C=O) groups excluding carboxylic acids is 2. The van der Waals surface area contributed by atoms with Crippen molar-refractivity contribution < 1.29 is 23.8 Å². The third-order valence-electron chi connectivity index (χ3n) is 5.14. The Morgan fingerprint density at radius 1 is 1.09 bits per heavy atom. The molecule has 1 amide bonds. The van der Waals surface area contributed by atoms with Gasteiger partial charge in [0.05, 0.1) is 18.9 Å². The van der Waals surface area contributed by atoms with Crippen molar-refractivity contribution in [2.24, 2.45) is 0 Å². The summed E-state index contributed by atoms with van der Waals surface area (Å²) < 4.78 is 18.3. The third-order valence-corrected chi connectivity index (χ3v) is 5.14. The summed E-state index contributed by atoms with van der Waals surface area (Å²) in [5.74, 6) is 0.416. The monoisotopic (exact) mass is 465 g/mol. The average Bonchev–Trinajstić information content (AvgIpc) is 3.22. The number of nitrogens with zero attached hydrogens (tertiary/aromatic N) is 2. The van der Waals surface area contributed by atoms with E-state index in [-0.39, 0.29) is 24.3 Å². The van der Waals surface area contributed by atoms with Crippen molar-refractivity contribution in [3.8, 4) is 11.5 Å². The van der Waals surface area contributed by atoms with Crippen LogP contribution < -0.4 is 14.8 Å². The number of aromatic nitrogens is 2. The minimum absolute atomic E-state index is 0.0656. The number of anilines is 1. The quantitative estimate of drug-likeness (QED) is 0.451. The summed E-state index contributed by atoms with van der Waals surface area (Å²) in [6.45, 7) is 10.2. The minimum Gasteiger partial charge on any atom is -0.496 e. The van der Waals surface area contributed by atoms with Crippen molar-refractivity contribution in [1.29, 1.82) is 0 Å². The van der Waals surface area contributed by atoms with E-state index in [4.69, 9.17) is 14.2 Å². The molecule has 34 heavy (non-hydrogen) atoms. The SMILES string of the molecule is CCn1cc(NC(=O)c2ccc(OC)c(COc3cc(C)ccc3C)c2)c(C(=O)OC(C)C)n1. The molecule has 3 aromatic rings. The normalized spacial score (nSPS) is 10.8. The van der Waals surface area contributed by atoms with Gasteiger partial charge in [0, 0.05) is 23.9 Å². The Hall–Kier alpha value is -3.81. The zero-order valence-electron chi connectivity index (χ0n) is 20.5. The molecular weight excluding hydrogens is 434 g/mol. The van der Waals surface area contributed by atoms with Gasteiger partial charge in [-0.15, -0.1) is 0 Å². The van der Waals surface area contributed by atoms with E-state index in [9.17, 15) is 9.59 Å². The summed E-state index contributed by atoms with van der Waals surface area (Å²) in [7, 11) is 1.57. The van der Waals surface area contributed by atoms with Crippen LogP contribution in [0.15, 0.2) is 42.6 Å².